The summed E-state index contributed by atoms with van der Waals surface area (Å²) in [5.74, 6) is -0.306. The van der Waals surface area contributed by atoms with Crippen molar-refractivity contribution in [2.75, 3.05) is 6.54 Å². The fourth-order valence-corrected chi connectivity index (χ4v) is 3.68. The van der Waals surface area contributed by atoms with Crippen molar-refractivity contribution in [1.82, 2.24) is 16.0 Å². The summed E-state index contributed by atoms with van der Waals surface area (Å²) in [5.41, 5.74) is 9.36. The first-order valence-electron chi connectivity index (χ1n) is 11.9. The number of nitrogens with two attached hydrogens (primary N) is 1. The van der Waals surface area contributed by atoms with Crippen molar-refractivity contribution in [2.24, 2.45) is 5.73 Å². The van der Waals surface area contributed by atoms with Gasteiger partial charge in [-0.05, 0) is 48.6 Å². The van der Waals surface area contributed by atoms with Gasteiger partial charge < -0.3 is 21.7 Å². The average Bonchev–Trinajstić information content (AvgIpc) is 2.88. The summed E-state index contributed by atoms with van der Waals surface area (Å²) in [6.45, 7) is 3.50. The molecule has 0 spiro atoms. The van der Waals surface area contributed by atoms with Crippen molar-refractivity contribution in [2.45, 2.75) is 44.9 Å². The Bertz CT molecular complexity index is 1070. The average molecular weight is 476 g/mol. The van der Waals surface area contributed by atoms with Gasteiger partial charge in [0.05, 0.1) is 6.04 Å². The third-order valence-electron chi connectivity index (χ3n) is 5.93. The van der Waals surface area contributed by atoms with E-state index in [0.717, 1.165) is 24.0 Å². The van der Waals surface area contributed by atoms with Crippen LogP contribution in [-0.2, 0) is 24.3 Å². The Morgan fingerprint density at radius 1 is 0.886 bits per heavy atom. The van der Waals surface area contributed by atoms with Gasteiger partial charge in [-0.25, -0.2) is 4.39 Å². The second kappa shape index (κ2) is 13.4. The Hall–Kier alpha value is -3.55. The molecule has 1 amide bonds. The molecule has 0 unspecified atom stereocenters. The molecule has 3 aromatic rings. The lowest BCUT2D eigenvalue weighted by molar-refractivity contribution is -0.122. The van der Waals surface area contributed by atoms with Crippen LogP contribution in [0.2, 0.25) is 0 Å². The molecule has 7 heteroatoms. The van der Waals surface area contributed by atoms with Crippen molar-refractivity contribution in [3.63, 3.8) is 0 Å². The lowest BCUT2D eigenvalue weighted by Crippen LogP contribution is -2.47. The van der Waals surface area contributed by atoms with E-state index in [-0.39, 0.29) is 29.6 Å². The largest absolute Gasteiger partial charge is 0.384 e. The summed E-state index contributed by atoms with van der Waals surface area (Å²) in [6.07, 6.45) is 1.81. The van der Waals surface area contributed by atoms with Gasteiger partial charge >= 0.3 is 0 Å². The van der Waals surface area contributed by atoms with Crippen LogP contribution in [0.4, 0.5) is 4.39 Å². The Morgan fingerprint density at radius 2 is 1.51 bits per heavy atom. The van der Waals surface area contributed by atoms with E-state index in [1.54, 1.807) is 24.3 Å². The first-order chi connectivity index (χ1) is 16.9. The van der Waals surface area contributed by atoms with Gasteiger partial charge in [-0.1, -0.05) is 66.7 Å². The number of carbonyl (C=O) groups is 1. The van der Waals surface area contributed by atoms with Gasteiger partial charge in [-0.2, -0.15) is 0 Å². The number of hydrogen-bond donors (Lipinski definition) is 5. The summed E-state index contributed by atoms with van der Waals surface area (Å²) >= 11 is 0. The van der Waals surface area contributed by atoms with Gasteiger partial charge in [0.25, 0.3) is 0 Å². The Labute approximate surface area is 206 Å². The van der Waals surface area contributed by atoms with Crippen molar-refractivity contribution in [1.29, 1.82) is 5.41 Å². The van der Waals surface area contributed by atoms with Crippen LogP contribution < -0.4 is 21.7 Å². The van der Waals surface area contributed by atoms with Crippen LogP contribution >= 0.6 is 0 Å². The molecule has 6 nitrogen and oxygen atoms in total. The summed E-state index contributed by atoms with van der Waals surface area (Å²) < 4.78 is 13.2. The fourth-order valence-electron chi connectivity index (χ4n) is 3.68. The molecule has 3 aromatic carbocycles. The molecule has 2 atom stereocenters. The van der Waals surface area contributed by atoms with Crippen molar-refractivity contribution < 1.29 is 9.18 Å². The summed E-state index contributed by atoms with van der Waals surface area (Å²) in [4.78, 5) is 12.6. The van der Waals surface area contributed by atoms with Crippen molar-refractivity contribution in [3.8, 4) is 0 Å². The molecule has 0 radical (unpaired) electrons. The number of halogens is 1. The SMILES string of the molecule is C[C@H](NC[C@@H](CCc1ccccc1)NCc1ccc(F)cc1)C(=O)NCc1ccc(C(=N)N)cc1. The number of hydrogen-bond acceptors (Lipinski definition) is 4. The van der Waals surface area contributed by atoms with Gasteiger partial charge in [0.2, 0.25) is 5.91 Å². The van der Waals surface area contributed by atoms with E-state index in [1.165, 1.54) is 17.7 Å². The maximum atomic E-state index is 13.2. The van der Waals surface area contributed by atoms with E-state index in [2.05, 4.69) is 28.1 Å². The van der Waals surface area contributed by atoms with Gasteiger partial charge in [0.15, 0.2) is 0 Å². The van der Waals surface area contributed by atoms with E-state index in [4.69, 9.17) is 11.1 Å². The second-order valence-corrected chi connectivity index (χ2v) is 8.69. The van der Waals surface area contributed by atoms with E-state index < -0.39 is 0 Å². The highest BCUT2D eigenvalue weighted by atomic mass is 19.1. The molecule has 0 aromatic heterocycles. The van der Waals surface area contributed by atoms with Crippen LogP contribution in [0, 0.1) is 11.2 Å². The number of amidine groups is 1. The minimum Gasteiger partial charge on any atom is -0.384 e. The number of benzene rings is 3. The van der Waals surface area contributed by atoms with Crippen LogP contribution in [0.5, 0.6) is 0 Å². The molecule has 0 bridgehead atoms. The molecule has 6 N–H and O–H groups in total. The van der Waals surface area contributed by atoms with Crippen LogP contribution in [0.3, 0.4) is 0 Å². The molecular weight excluding hydrogens is 441 g/mol. The zero-order valence-corrected chi connectivity index (χ0v) is 20.1. The summed E-state index contributed by atoms with van der Waals surface area (Å²) in [6, 6.07) is 23.8. The maximum Gasteiger partial charge on any atom is 0.237 e. The summed E-state index contributed by atoms with van der Waals surface area (Å²) in [7, 11) is 0. The van der Waals surface area contributed by atoms with E-state index in [9.17, 15) is 9.18 Å². The minimum atomic E-state index is -0.363. The number of rotatable bonds is 13. The van der Waals surface area contributed by atoms with Crippen LogP contribution in [0.15, 0.2) is 78.9 Å². The normalized spacial score (nSPS) is 12.6. The molecule has 184 valence electrons. The van der Waals surface area contributed by atoms with E-state index >= 15 is 0 Å². The molecule has 0 heterocycles. The van der Waals surface area contributed by atoms with Crippen molar-refractivity contribution in [3.05, 3.63) is 107 Å². The number of nitrogen functional groups attached to an aromatic ring is 1. The third kappa shape index (κ3) is 8.96. The van der Waals surface area contributed by atoms with E-state index in [0.29, 0.717) is 25.2 Å². The van der Waals surface area contributed by atoms with Crippen LogP contribution in [-0.4, -0.2) is 30.4 Å². The predicted octanol–water partition coefficient (Wildman–Crippen LogP) is 3.50. The second-order valence-electron chi connectivity index (χ2n) is 8.69. The number of aryl methyl sites for hydroxylation is 1. The molecule has 0 aliphatic heterocycles. The maximum absolute atomic E-state index is 13.2. The highest BCUT2D eigenvalue weighted by molar-refractivity contribution is 5.94. The molecule has 0 aliphatic carbocycles. The summed E-state index contributed by atoms with van der Waals surface area (Å²) in [5, 5.41) is 17.3. The minimum absolute atomic E-state index is 0.0215. The van der Waals surface area contributed by atoms with Gasteiger partial charge in [0, 0.05) is 31.2 Å². The molecule has 0 saturated heterocycles. The monoisotopic (exact) mass is 475 g/mol. The zero-order valence-electron chi connectivity index (χ0n) is 20.1. The van der Waals surface area contributed by atoms with E-state index in [1.807, 2.05) is 37.3 Å². The number of amides is 1. The molecular formula is C28H34FN5O. The molecule has 0 fully saturated rings. The topological polar surface area (TPSA) is 103 Å². The molecule has 3 rings (SSSR count). The highest BCUT2D eigenvalue weighted by Crippen LogP contribution is 2.08. The standard InChI is InChI=1S/C28H34FN5O/c1-20(28(35)34-18-22-7-12-24(13-8-22)27(30)31)32-19-26(16-11-21-5-3-2-4-6-21)33-17-23-9-14-25(29)15-10-23/h2-10,12-15,20,26,32-33H,11,16-19H2,1H3,(H3,30,31)(H,34,35)/t20-,26+/m0/s1. The number of nitrogens with one attached hydrogen (secondary N) is 4. The van der Waals surface area contributed by atoms with Gasteiger partial charge in [-0.3, -0.25) is 10.2 Å². The first-order valence-corrected chi connectivity index (χ1v) is 11.9. The van der Waals surface area contributed by atoms with Crippen LogP contribution in [0.25, 0.3) is 0 Å². The fraction of sp³-hybridized carbons (Fsp3) is 0.286. The Kier molecular flexibility index (Phi) is 9.95. The van der Waals surface area contributed by atoms with Crippen molar-refractivity contribution >= 4 is 11.7 Å². The Balaban J connectivity index is 1.50. The highest BCUT2D eigenvalue weighted by Gasteiger charge is 2.15. The number of carbonyl (C=O) groups excluding carboxylic acids is 1. The quantitative estimate of drug-likeness (QED) is 0.193. The zero-order chi connectivity index (χ0) is 25.0. The molecule has 35 heavy (non-hydrogen) atoms. The molecule has 0 saturated carbocycles. The first kappa shape index (κ1) is 26.1. The smallest absolute Gasteiger partial charge is 0.237 e. The molecule has 0 aliphatic rings. The van der Waals surface area contributed by atoms with Gasteiger partial charge in [0.1, 0.15) is 11.7 Å². The lowest BCUT2D eigenvalue weighted by Gasteiger charge is -2.22. The Morgan fingerprint density at radius 3 is 2.17 bits per heavy atom. The van der Waals surface area contributed by atoms with Crippen LogP contribution in [0.1, 0.15) is 35.6 Å². The lowest BCUT2D eigenvalue weighted by atomic mass is 10.0. The predicted molar refractivity (Wildman–Crippen MR) is 139 cm³/mol. The third-order valence-corrected chi connectivity index (χ3v) is 5.93. The van der Waals surface area contributed by atoms with Gasteiger partial charge in [-0.15, -0.1) is 0 Å².